The van der Waals surface area contributed by atoms with Gasteiger partial charge in [0.1, 0.15) is 72.3 Å². The highest BCUT2D eigenvalue weighted by molar-refractivity contribution is 7.99. The zero-order valence-electron chi connectivity index (χ0n) is 37.4. The molecule has 0 spiro atoms. The van der Waals surface area contributed by atoms with Gasteiger partial charge in [0, 0.05) is 18.6 Å². The fourth-order valence-electron chi connectivity index (χ4n) is 9.12. The van der Waals surface area contributed by atoms with Gasteiger partial charge >= 0.3 is 24.1 Å². The van der Waals surface area contributed by atoms with Gasteiger partial charge in [-0.25, -0.2) is 9.59 Å². The predicted molar refractivity (Wildman–Crippen MR) is 235 cm³/mol. The van der Waals surface area contributed by atoms with E-state index in [0.717, 1.165) is 22.9 Å². The van der Waals surface area contributed by atoms with E-state index < -0.39 is 121 Å². The van der Waals surface area contributed by atoms with Crippen LogP contribution in [0.25, 0.3) is 6.08 Å². The van der Waals surface area contributed by atoms with Crippen LogP contribution in [0.3, 0.4) is 0 Å². The van der Waals surface area contributed by atoms with Crippen molar-refractivity contribution >= 4 is 53.7 Å². The van der Waals surface area contributed by atoms with Crippen LogP contribution in [-0.2, 0) is 58.0 Å². The Bertz CT molecular complexity index is 2400. The second-order valence-electron chi connectivity index (χ2n) is 17.2. The van der Waals surface area contributed by atoms with Crippen LogP contribution in [0.15, 0.2) is 64.2 Å². The molecule has 0 saturated carbocycles. The number of hydrogen-bond donors (Lipinski definition) is 10. The minimum absolute atomic E-state index is 0.195. The number of amides is 2. The zero-order chi connectivity index (χ0) is 49.4. The van der Waals surface area contributed by atoms with Crippen LogP contribution >= 0.6 is 11.8 Å². The van der Waals surface area contributed by atoms with E-state index in [1.807, 2.05) is 6.92 Å². The maximum Gasteiger partial charge on any atom is 0.508 e. The van der Waals surface area contributed by atoms with Crippen LogP contribution < -0.4 is 21.7 Å². The molecule has 0 unspecified atom stereocenters. The summed E-state index contributed by atoms with van der Waals surface area (Å²) in [6.45, 7) is 2.29. The Hall–Kier alpha value is -5.79. The van der Waals surface area contributed by atoms with Crippen molar-refractivity contribution in [3.05, 3.63) is 86.4 Å². The van der Waals surface area contributed by atoms with E-state index in [0.29, 0.717) is 40.9 Å². The van der Waals surface area contributed by atoms with Gasteiger partial charge in [0.05, 0.1) is 25.5 Å². The molecule has 1 aromatic rings. The van der Waals surface area contributed by atoms with Gasteiger partial charge in [-0.1, -0.05) is 17.7 Å². The smallest absolute Gasteiger partial charge is 0.507 e. The minimum atomic E-state index is -1.93. The van der Waals surface area contributed by atoms with E-state index in [9.17, 15) is 59.4 Å². The maximum absolute atomic E-state index is 14.9. The van der Waals surface area contributed by atoms with Gasteiger partial charge in [-0.15, -0.1) is 11.8 Å². The van der Waals surface area contributed by atoms with Crippen LogP contribution in [0.2, 0.25) is 0 Å². The summed E-state index contributed by atoms with van der Waals surface area (Å²) in [5.74, 6) is -5.67. The minimum Gasteiger partial charge on any atom is -0.507 e. The zero-order valence-corrected chi connectivity index (χ0v) is 38.2. The molecule has 6 aliphatic rings. The van der Waals surface area contributed by atoms with Crippen molar-refractivity contribution in [1.82, 2.24) is 10.6 Å². The number of aliphatic hydroxyl groups excluding tert-OH is 3. The molecule has 2 aliphatic heterocycles. The number of aliphatic hydroxyl groups is 4. The van der Waals surface area contributed by atoms with Crippen molar-refractivity contribution in [1.29, 1.82) is 0 Å². The van der Waals surface area contributed by atoms with Gasteiger partial charge in [0.2, 0.25) is 18.1 Å². The highest BCUT2D eigenvalue weighted by atomic mass is 32.2. The molecule has 2 amide bonds. The number of likely N-dealkylation sites (N-methyl/N-ethyl adjacent to an activating group) is 1. The van der Waals surface area contributed by atoms with Crippen LogP contribution in [0, 0.1) is 0 Å². The third-order valence-electron chi connectivity index (χ3n) is 12.9. The molecular weight excluding hydrogens is 917 g/mol. The Kier molecular flexibility index (Phi) is 15.1. The molecule has 2 saturated heterocycles. The van der Waals surface area contributed by atoms with Gasteiger partial charge in [-0.3, -0.25) is 19.2 Å². The number of rotatable bonds is 18. The lowest BCUT2D eigenvalue weighted by atomic mass is 9.83. The Morgan fingerprint density at radius 2 is 1.87 bits per heavy atom. The summed E-state index contributed by atoms with van der Waals surface area (Å²) < 4.78 is 35.3. The van der Waals surface area contributed by atoms with Crippen LogP contribution in [0.4, 0.5) is 4.79 Å². The SMILES string of the molecule is C[NH2+][C@H]1[C@@H](O[C@@H]2c3cc4c(cc3[C@H](SC[C@H](NC(=O)CC[C@@H](N)C(=O)O)C(=O)NCC(=O)O)[C@H]2OC(=O)C2=C3C=C(OC)CC(C)=C3CC=C2O)[C@@](O)([C@H]2COC(=O)O2)C=C4)O[C@H](C)[C@H](O)[C@@H]1O. The van der Waals surface area contributed by atoms with E-state index >= 15 is 0 Å². The molecule has 12 N–H and O–H groups in total. The fourth-order valence-corrected chi connectivity index (χ4v) is 10.5. The first-order chi connectivity index (χ1) is 32.3. The number of quaternary nitrogens is 1. The molecule has 0 radical (unpaired) electrons. The summed E-state index contributed by atoms with van der Waals surface area (Å²) >= 11 is 0.962. The summed E-state index contributed by atoms with van der Waals surface area (Å²) in [5.41, 5.74) is 6.90. The number of allylic oxidation sites excluding steroid dienone is 5. The summed E-state index contributed by atoms with van der Waals surface area (Å²) in [6.07, 6.45) is -3.59. The molecule has 0 bridgehead atoms. The summed E-state index contributed by atoms with van der Waals surface area (Å²) in [6, 6.07) is -0.558. The Labute approximate surface area is 393 Å². The molecule has 23 heteroatoms. The molecule has 12 atom stereocenters. The number of hydrogen-bond acceptors (Lipinski definition) is 18. The van der Waals surface area contributed by atoms with Gasteiger partial charge in [0.15, 0.2) is 12.1 Å². The third-order valence-corrected chi connectivity index (χ3v) is 14.3. The van der Waals surface area contributed by atoms with Gasteiger partial charge in [-0.2, -0.15) is 0 Å². The quantitative estimate of drug-likeness (QED) is 0.0829. The Morgan fingerprint density at radius 3 is 2.53 bits per heavy atom. The first-order valence-corrected chi connectivity index (χ1v) is 22.9. The Morgan fingerprint density at radius 1 is 1.12 bits per heavy atom. The summed E-state index contributed by atoms with van der Waals surface area (Å²) in [4.78, 5) is 76.7. The molecule has 7 rings (SSSR count). The standard InChI is InChI=1S/C45H54N4O18S/c1-18-11-21(62-4)13-23-22(18)5-7-29(50)33(23)42(59)66-38-37(67-43-34(47-3)36(55)35(54)19(2)64-43)24-12-20-9-10-45(61,30-16-63-44(60)65-30)26(20)14-25(24)39(38)68-17-28(40(56)48-15-32(52)53)49-31(51)8-6-27(46)41(57)58/h7,9-10,12-14,19,27-28,30,34-39,43,47,50,54-55,61H,5-6,8,11,15-17,46H2,1-4H3,(H,48,56)(H,49,51)(H,52,53)(H,57,58)/p+1/t19-,27-,28+,30-,34-,35+,36-,37-,38+,39+,43-,45-/m1/s1. The number of nitrogens with two attached hydrogens (primary N) is 2. The second-order valence-corrected chi connectivity index (χ2v) is 18.4. The van der Waals surface area contributed by atoms with Crippen molar-refractivity contribution in [3.8, 4) is 0 Å². The number of carboxylic acid groups (broad SMARTS) is 2. The lowest BCUT2D eigenvalue weighted by Gasteiger charge is -2.41. The molecule has 1 aromatic carbocycles. The number of benzene rings is 1. The number of esters is 1. The summed E-state index contributed by atoms with van der Waals surface area (Å²) in [5, 5.41) is 69.4. The van der Waals surface area contributed by atoms with E-state index in [1.54, 1.807) is 36.6 Å². The number of carboxylic acids is 2. The first kappa shape index (κ1) is 50.1. The van der Waals surface area contributed by atoms with Crippen LogP contribution in [0.1, 0.15) is 73.1 Å². The third kappa shape index (κ3) is 10.0. The lowest BCUT2D eigenvalue weighted by Crippen LogP contribution is -2.94. The molecular formula is C45H55N4O18S+. The number of aliphatic carboxylic acids is 2. The monoisotopic (exact) mass is 971 g/mol. The molecule has 68 heavy (non-hydrogen) atoms. The highest BCUT2D eigenvalue weighted by Gasteiger charge is 2.54. The first-order valence-electron chi connectivity index (χ1n) is 21.8. The molecule has 4 aliphatic carbocycles. The highest BCUT2D eigenvalue weighted by Crippen LogP contribution is 2.54. The maximum atomic E-state index is 14.9. The summed E-state index contributed by atoms with van der Waals surface area (Å²) in [7, 11) is 3.11. The average molecular weight is 972 g/mol. The molecule has 0 aromatic heterocycles. The number of methoxy groups -OCH3 is 1. The van der Waals surface area contributed by atoms with Gasteiger partial charge in [0.25, 0.3) is 0 Å². The van der Waals surface area contributed by atoms with Crippen LogP contribution in [0.5, 0.6) is 0 Å². The van der Waals surface area contributed by atoms with Crippen molar-refractivity contribution in [3.63, 3.8) is 0 Å². The number of fused-ring (bicyclic) bond motifs is 3. The number of carbonyl (C=O) groups excluding carboxylic acids is 4. The fraction of sp³-hybridized carbons (Fsp3) is 0.511. The van der Waals surface area contributed by atoms with Crippen molar-refractivity contribution in [2.24, 2.45) is 5.73 Å². The molecule has 368 valence electrons. The van der Waals surface area contributed by atoms with Crippen molar-refractivity contribution in [2.75, 3.05) is 33.1 Å². The lowest BCUT2D eigenvalue weighted by molar-refractivity contribution is -0.696. The van der Waals surface area contributed by atoms with Gasteiger partial charge < -0.3 is 80.7 Å². The van der Waals surface area contributed by atoms with E-state index in [1.165, 1.54) is 26.2 Å². The topological polar surface area (TPSA) is 346 Å². The van der Waals surface area contributed by atoms with Crippen molar-refractivity contribution in [2.45, 2.75) is 111 Å². The van der Waals surface area contributed by atoms with E-state index in [2.05, 4.69) is 10.6 Å². The van der Waals surface area contributed by atoms with Crippen molar-refractivity contribution < 1.29 is 93.1 Å². The predicted octanol–water partition coefficient (Wildman–Crippen LogP) is -0.507. The number of cyclic esters (lactones) is 2. The number of thioether (sulfide) groups is 1. The number of carbonyl (C=O) groups is 6. The van der Waals surface area contributed by atoms with Crippen LogP contribution in [-0.4, -0.2) is 155 Å². The number of nitrogens with one attached hydrogen (secondary N) is 2. The largest absolute Gasteiger partial charge is 0.508 e. The van der Waals surface area contributed by atoms with Gasteiger partial charge in [-0.05, 0) is 84.4 Å². The molecule has 22 nitrogen and oxygen atoms in total. The molecule has 2 heterocycles. The molecule has 2 fully saturated rings. The Balaban J connectivity index is 1.34. The average Bonchev–Trinajstić information content (AvgIpc) is 3.97. The number of ether oxygens (including phenoxy) is 6. The van der Waals surface area contributed by atoms with E-state index in [-0.39, 0.29) is 35.7 Å². The van der Waals surface area contributed by atoms with E-state index in [4.69, 9.17) is 34.2 Å². The normalized spacial score (nSPS) is 30.2. The second kappa shape index (κ2) is 20.4.